The van der Waals surface area contributed by atoms with Crippen LogP contribution < -0.4 is 15.2 Å². The van der Waals surface area contributed by atoms with Gasteiger partial charge in [0.1, 0.15) is 27.1 Å². The molecule has 130 valence electrons. The molecule has 0 bridgehead atoms. The lowest BCUT2D eigenvalue weighted by Crippen LogP contribution is -2.37. The molecule has 7 heteroatoms. The minimum absolute atomic E-state index is 0.0715. The van der Waals surface area contributed by atoms with E-state index in [1.54, 1.807) is 18.0 Å². The summed E-state index contributed by atoms with van der Waals surface area (Å²) in [6.45, 7) is 2.08. The summed E-state index contributed by atoms with van der Waals surface area (Å²) >= 11 is 1.41. The van der Waals surface area contributed by atoms with E-state index in [1.807, 2.05) is 36.5 Å². The molecule has 0 amide bonds. The van der Waals surface area contributed by atoms with Crippen molar-refractivity contribution in [1.29, 1.82) is 0 Å². The molecule has 1 fully saturated rings. The number of benzene rings is 1. The van der Waals surface area contributed by atoms with Gasteiger partial charge in [-0.3, -0.25) is 9.36 Å². The monoisotopic (exact) mass is 364 g/mol. The second-order valence-electron chi connectivity index (χ2n) is 6.25. The fraction of sp³-hybridized carbons (Fsp3) is 0.211. The first kappa shape index (κ1) is 15.3. The van der Waals surface area contributed by atoms with Crippen molar-refractivity contribution in [3.8, 4) is 11.4 Å². The molecular weight excluding hydrogens is 348 g/mol. The largest absolute Gasteiger partial charge is 0.497 e. The molecule has 3 aromatic heterocycles. The minimum atomic E-state index is -0.0715. The van der Waals surface area contributed by atoms with Crippen molar-refractivity contribution in [2.45, 2.75) is 6.42 Å². The van der Waals surface area contributed by atoms with Crippen LogP contribution in [0, 0.1) is 0 Å². The van der Waals surface area contributed by atoms with Gasteiger partial charge in [-0.25, -0.2) is 9.97 Å². The molecule has 1 aromatic carbocycles. The van der Waals surface area contributed by atoms with Crippen molar-refractivity contribution in [2.75, 3.05) is 25.1 Å². The van der Waals surface area contributed by atoms with E-state index in [4.69, 9.17) is 4.74 Å². The van der Waals surface area contributed by atoms with Crippen LogP contribution in [0.5, 0.6) is 5.75 Å². The van der Waals surface area contributed by atoms with Gasteiger partial charge >= 0.3 is 0 Å². The predicted molar refractivity (Wildman–Crippen MR) is 104 cm³/mol. The number of hydrogen-bond acceptors (Lipinski definition) is 6. The molecule has 6 nitrogen and oxygen atoms in total. The Morgan fingerprint density at radius 2 is 1.92 bits per heavy atom. The van der Waals surface area contributed by atoms with Crippen LogP contribution in [-0.4, -0.2) is 34.7 Å². The van der Waals surface area contributed by atoms with Crippen molar-refractivity contribution in [3.05, 3.63) is 53.2 Å². The van der Waals surface area contributed by atoms with E-state index in [9.17, 15) is 4.79 Å². The first-order chi connectivity index (χ1) is 12.8. The van der Waals surface area contributed by atoms with Crippen molar-refractivity contribution >= 4 is 37.5 Å². The summed E-state index contributed by atoms with van der Waals surface area (Å²) in [5, 5.41) is 0.992. The van der Waals surface area contributed by atoms with Crippen LogP contribution in [0.1, 0.15) is 6.42 Å². The molecule has 0 aliphatic carbocycles. The van der Waals surface area contributed by atoms with Crippen molar-refractivity contribution in [2.24, 2.45) is 0 Å². The highest BCUT2D eigenvalue weighted by Gasteiger charge is 2.22. The number of anilines is 1. The van der Waals surface area contributed by atoms with Crippen LogP contribution in [0.2, 0.25) is 0 Å². The topological polar surface area (TPSA) is 60.2 Å². The zero-order valence-corrected chi connectivity index (χ0v) is 15.0. The van der Waals surface area contributed by atoms with Gasteiger partial charge in [-0.1, -0.05) is 0 Å². The first-order valence-corrected chi connectivity index (χ1v) is 9.26. The fourth-order valence-corrected chi connectivity index (χ4v) is 4.33. The van der Waals surface area contributed by atoms with E-state index in [1.165, 1.54) is 17.8 Å². The molecule has 0 radical (unpaired) electrons. The Labute approximate surface area is 153 Å². The molecular formula is C19H16N4O2S. The van der Waals surface area contributed by atoms with Crippen LogP contribution in [0.25, 0.3) is 26.1 Å². The molecule has 0 atom stereocenters. The summed E-state index contributed by atoms with van der Waals surface area (Å²) in [5.74, 6) is 0.751. The number of thiophene rings is 1. The predicted octanol–water partition coefficient (Wildman–Crippen LogP) is 3.21. The number of pyridine rings is 1. The van der Waals surface area contributed by atoms with Gasteiger partial charge in [-0.15, -0.1) is 11.3 Å². The molecule has 0 unspecified atom stereocenters. The zero-order chi connectivity index (χ0) is 17.7. The summed E-state index contributed by atoms with van der Waals surface area (Å²) in [4.78, 5) is 25.4. The first-order valence-electron chi connectivity index (χ1n) is 8.44. The smallest absolute Gasteiger partial charge is 0.275 e. The van der Waals surface area contributed by atoms with Gasteiger partial charge in [-0.05, 0) is 36.8 Å². The van der Waals surface area contributed by atoms with Crippen LogP contribution in [0.4, 0.5) is 5.69 Å². The normalized spacial score (nSPS) is 14.0. The number of methoxy groups -OCH3 is 1. The Morgan fingerprint density at radius 3 is 2.62 bits per heavy atom. The van der Waals surface area contributed by atoms with Crippen LogP contribution in [0.15, 0.2) is 47.7 Å². The highest BCUT2D eigenvalue weighted by molar-refractivity contribution is 7.25. The van der Waals surface area contributed by atoms with Crippen LogP contribution in [0.3, 0.4) is 0 Å². The van der Waals surface area contributed by atoms with E-state index in [0.29, 0.717) is 4.70 Å². The highest BCUT2D eigenvalue weighted by Crippen LogP contribution is 2.37. The standard InChI is InChI=1S/C19H16N4O2S/c1-25-13-5-3-12(4-6-13)23-11-21-16-15-14(22-9-2-10-22)7-8-20-18(15)26-17(16)19(23)24/h3-8,11H,2,9-10H2,1H3. The summed E-state index contributed by atoms with van der Waals surface area (Å²) < 4.78 is 7.39. The number of hydrogen-bond donors (Lipinski definition) is 0. The molecule has 1 saturated heterocycles. The fourth-order valence-electron chi connectivity index (χ4n) is 3.28. The Bertz CT molecular complexity index is 1180. The molecule has 1 aliphatic rings. The quantitative estimate of drug-likeness (QED) is 0.559. The Hall–Kier alpha value is -2.93. The molecule has 0 spiro atoms. The van der Waals surface area contributed by atoms with Crippen LogP contribution >= 0.6 is 11.3 Å². The van der Waals surface area contributed by atoms with E-state index in [-0.39, 0.29) is 5.56 Å². The molecule has 4 aromatic rings. The molecule has 0 N–H and O–H groups in total. The van der Waals surface area contributed by atoms with E-state index in [2.05, 4.69) is 14.9 Å². The van der Waals surface area contributed by atoms with Crippen molar-refractivity contribution in [3.63, 3.8) is 0 Å². The summed E-state index contributed by atoms with van der Waals surface area (Å²) in [7, 11) is 1.62. The van der Waals surface area contributed by atoms with Gasteiger partial charge in [0.2, 0.25) is 0 Å². The average Bonchev–Trinajstić information content (AvgIpc) is 3.01. The van der Waals surface area contributed by atoms with Crippen LogP contribution in [-0.2, 0) is 0 Å². The third-order valence-corrected chi connectivity index (χ3v) is 5.88. The van der Waals surface area contributed by atoms with Gasteiger partial charge in [0.25, 0.3) is 5.56 Å². The average molecular weight is 364 g/mol. The van der Waals surface area contributed by atoms with E-state index < -0.39 is 0 Å². The summed E-state index contributed by atoms with van der Waals surface area (Å²) in [5.41, 5.74) is 2.56. The Kier molecular flexibility index (Phi) is 3.43. The molecule has 4 heterocycles. The second-order valence-corrected chi connectivity index (χ2v) is 7.25. The lowest BCUT2D eigenvalue weighted by atomic mass is 10.1. The summed E-state index contributed by atoms with van der Waals surface area (Å²) in [6, 6.07) is 9.39. The highest BCUT2D eigenvalue weighted by atomic mass is 32.1. The number of aromatic nitrogens is 3. The minimum Gasteiger partial charge on any atom is -0.497 e. The van der Waals surface area contributed by atoms with Gasteiger partial charge in [0, 0.05) is 19.3 Å². The number of fused-ring (bicyclic) bond motifs is 3. The lowest BCUT2D eigenvalue weighted by Gasteiger charge is -2.33. The lowest BCUT2D eigenvalue weighted by molar-refractivity contribution is 0.414. The van der Waals surface area contributed by atoms with Crippen molar-refractivity contribution < 1.29 is 4.74 Å². The molecule has 0 saturated carbocycles. The van der Waals surface area contributed by atoms with E-state index in [0.717, 1.165) is 45.9 Å². The Morgan fingerprint density at radius 1 is 1.12 bits per heavy atom. The number of rotatable bonds is 3. The SMILES string of the molecule is COc1ccc(-n2cnc3c(sc4nccc(N5CCC5)c43)c2=O)cc1. The number of ether oxygens (including phenoxy) is 1. The molecule has 26 heavy (non-hydrogen) atoms. The van der Waals surface area contributed by atoms with Gasteiger partial charge in [0.05, 0.1) is 23.9 Å². The van der Waals surface area contributed by atoms with Gasteiger partial charge < -0.3 is 9.64 Å². The van der Waals surface area contributed by atoms with Gasteiger partial charge in [-0.2, -0.15) is 0 Å². The second kappa shape index (κ2) is 5.81. The maximum atomic E-state index is 13.1. The third kappa shape index (κ3) is 2.20. The maximum Gasteiger partial charge on any atom is 0.275 e. The number of nitrogens with zero attached hydrogens (tertiary/aromatic N) is 4. The zero-order valence-electron chi connectivity index (χ0n) is 14.2. The van der Waals surface area contributed by atoms with Gasteiger partial charge in [0.15, 0.2) is 0 Å². The molecule has 1 aliphatic heterocycles. The van der Waals surface area contributed by atoms with E-state index >= 15 is 0 Å². The summed E-state index contributed by atoms with van der Waals surface area (Å²) in [6.07, 6.45) is 4.61. The molecule has 5 rings (SSSR count). The van der Waals surface area contributed by atoms with Crippen molar-refractivity contribution in [1.82, 2.24) is 14.5 Å². The maximum absolute atomic E-state index is 13.1. The Balaban J connectivity index is 1.73. The third-order valence-electron chi connectivity index (χ3n) is 4.81.